The fourth-order valence-electron chi connectivity index (χ4n) is 1.91. The van der Waals surface area contributed by atoms with E-state index in [4.69, 9.17) is 4.74 Å². The summed E-state index contributed by atoms with van der Waals surface area (Å²) in [5.41, 5.74) is 1.38. The van der Waals surface area contributed by atoms with Crippen LogP contribution in [0.3, 0.4) is 0 Å². The van der Waals surface area contributed by atoms with E-state index >= 15 is 0 Å². The van der Waals surface area contributed by atoms with Gasteiger partial charge < -0.3 is 4.74 Å². The Morgan fingerprint density at radius 2 is 2.31 bits per heavy atom. The van der Waals surface area contributed by atoms with Gasteiger partial charge in [-0.1, -0.05) is 28.1 Å². The van der Waals surface area contributed by atoms with Crippen LogP contribution in [0.15, 0.2) is 39.7 Å². The van der Waals surface area contributed by atoms with E-state index in [1.807, 2.05) is 23.9 Å². The topological polar surface area (TPSA) is 9.23 Å². The average molecular weight is 299 g/mol. The van der Waals surface area contributed by atoms with Crippen LogP contribution in [0.2, 0.25) is 0 Å². The van der Waals surface area contributed by atoms with Crippen LogP contribution in [0, 0.1) is 0 Å². The summed E-state index contributed by atoms with van der Waals surface area (Å²) >= 11 is 5.40. The molecule has 1 fully saturated rings. The van der Waals surface area contributed by atoms with Crippen LogP contribution in [0.1, 0.15) is 19.3 Å². The Morgan fingerprint density at radius 1 is 1.50 bits per heavy atom. The highest BCUT2D eigenvalue weighted by Gasteiger charge is 2.20. The van der Waals surface area contributed by atoms with Crippen LogP contribution in [0.5, 0.6) is 5.75 Å². The molecule has 0 aliphatic heterocycles. The third-order valence-electron chi connectivity index (χ3n) is 2.76. The molecule has 1 nitrogen and oxygen atoms in total. The van der Waals surface area contributed by atoms with Crippen molar-refractivity contribution < 1.29 is 4.74 Å². The quantitative estimate of drug-likeness (QED) is 0.751. The second-order valence-electron chi connectivity index (χ2n) is 4.03. The summed E-state index contributed by atoms with van der Waals surface area (Å²) in [7, 11) is 1.72. The predicted molar refractivity (Wildman–Crippen MR) is 73.3 cm³/mol. The second kappa shape index (κ2) is 5.28. The highest BCUT2D eigenvalue weighted by atomic mass is 79.9. The number of benzene rings is 1. The molecule has 1 saturated carbocycles. The number of hydrogen-bond donors (Lipinski definition) is 0. The summed E-state index contributed by atoms with van der Waals surface area (Å²) in [5.74, 6) is 0.964. The van der Waals surface area contributed by atoms with E-state index < -0.39 is 0 Å². The molecule has 0 radical (unpaired) electrons. The van der Waals surface area contributed by atoms with E-state index in [1.165, 1.54) is 23.3 Å². The summed E-state index contributed by atoms with van der Waals surface area (Å²) in [5, 5.41) is 0.663. The number of ether oxygens (including phenoxy) is 1. The third-order valence-corrected chi connectivity index (χ3v) is 4.56. The van der Waals surface area contributed by atoms with Crippen molar-refractivity contribution >= 4 is 27.7 Å². The number of allylic oxidation sites excluding steroid dienone is 1. The molecule has 0 heterocycles. The maximum Gasteiger partial charge on any atom is 0.132 e. The summed E-state index contributed by atoms with van der Waals surface area (Å²) in [4.78, 5) is 1.22. The van der Waals surface area contributed by atoms with Crippen molar-refractivity contribution in [1.29, 1.82) is 0 Å². The van der Waals surface area contributed by atoms with E-state index in [1.54, 1.807) is 7.11 Å². The molecule has 1 atom stereocenters. The average Bonchev–Trinajstić information content (AvgIpc) is 2.64. The largest absolute Gasteiger partial charge is 0.496 e. The fourth-order valence-corrected chi connectivity index (χ4v) is 3.80. The van der Waals surface area contributed by atoms with Crippen molar-refractivity contribution in [2.45, 2.75) is 29.4 Å². The molecule has 0 amide bonds. The smallest absolute Gasteiger partial charge is 0.132 e. The van der Waals surface area contributed by atoms with Crippen molar-refractivity contribution in [3.05, 3.63) is 34.8 Å². The van der Waals surface area contributed by atoms with Gasteiger partial charge in [0.05, 0.1) is 12.0 Å². The Morgan fingerprint density at radius 3 is 2.94 bits per heavy atom. The van der Waals surface area contributed by atoms with Crippen LogP contribution in [0.25, 0.3) is 0 Å². The number of hydrogen-bond acceptors (Lipinski definition) is 2. The number of rotatable bonds is 3. The Labute approximate surface area is 109 Å². The molecule has 0 aromatic heterocycles. The van der Waals surface area contributed by atoms with Gasteiger partial charge in [0.2, 0.25) is 0 Å². The molecule has 0 N–H and O–H groups in total. The molecule has 86 valence electrons. The first-order chi connectivity index (χ1) is 7.69. The highest BCUT2D eigenvalue weighted by molar-refractivity contribution is 9.10. The predicted octanol–water partition coefficient (Wildman–Crippen LogP) is 4.66. The molecule has 1 aromatic rings. The molecule has 0 bridgehead atoms. The zero-order valence-corrected chi connectivity index (χ0v) is 11.7. The molecule has 1 aliphatic rings. The van der Waals surface area contributed by atoms with Crippen molar-refractivity contribution in [2.24, 2.45) is 0 Å². The maximum atomic E-state index is 5.37. The van der Waals surface area contributed by atoms with Crippen LogP contribution in [-0.4, -0.2) is 12.4 Å². The summed E-state index contributed by atoms with van der Waals surface area (Å²) in [6.45, 7) is 4.05. The first-order valence-electron chi connectivity index (χ1n) is 5.36. The molecular weight excluding hydrogens is 284 g/mol. The van der Waals surface area contributed by atoms with Crippen molar-refractivity contribution in [1.82, 2.24) is 0 Å². The Kier molecular flexibility index (Phi) is 3.98. The molecule has 1 unspecified atom stereocenters. The van der Waals surface area contributed by atoms with Gasteiger partial charge in [-0.15, -0.1) is 11.8 Å². The Balaban J connectivity index is 2.13. The number of methoxy groups -OCH3 is 1. The van der Waals surface area contributed by atoms with E-state index in [-0.39, 0.29) is 0 Å². The van der Waals surface area contributed by atoms with Gasteiger partial charge >= 0.3 is 0 Å². The van der Waals surface area contributed by atoms with E-state index in [0.717, 1.165) is 16.6 Å². The summed E-state index contributed by atoms with van der Waals surface area (Å²) in [6.07, 6.45) is 3.55. The first kappa shape index (κ1) is 12.1. The van der Waals surface area contributed by atoms with E-state index in [2.05, 4.69) is 28.6 Å². The molecule has 1 aromatic carbocycles. The van der Waals surface area contributed by atoms with Crippen molar-refractivity contribution in [3.63, 3.8) is 0 Å². The molecular formula is C13H15BrOS. The Hall–Kier alpha value is -0.410. The molecule has 3 heteroatoms. The normalized spacial score (nSPS) is 20.1. The summed E-state index contributed by atoms with van der Waals surface area (Å²) < 4.78 is 6.48. The highest BCUT2D eigenvalue weighted by Crippen LogP contribution is 2.41. The molecule has 0 spiro atoms. The minimum absolute atomic E-state index is 0.663. The van der Waals surface area contributed by atoms with Gasteiger partial charge in [-0.2, -0.15) is 0 Å². The number of halogens is 1. The summed E-state index contributed by atoms with van der Waals surface area (Å²) in [6, 6.07) is 6.15. The van der Waals surface area contributed by atoms with E-state index in [9.17, 15) is 0 Å². The van der Waals surface area contributed by atoms with Gasteiger partial charge in [0, 0.05) is 9.72 Å². The van der Waals surface area contributed by atoms with Crippen molar-refractivity contribution in [2.75, 3.05) is 7.11 Å². The molecule has 16 heavy (non-hydrogen) atoms. The number of thioether (sulfide) groups is 1. The van der Waals surface area contributed by atoms with Crippen LogP contribution in [-0.2, 0) is 0 Å². The van der Waals surface area contributed by atoms with Gasteiger partial charge in [0.25, 0.3) is 0 Å². The lowest BCUT2D eigenvalue weighted by Crippen LogP contribution is -1.95. The van der Waals surface area contributed by atoms with Gasteiger partial charge in [-0.3, -0.25) is 0 Å². The third kappa shape index (κ3) is 2.83. The SMILES string of the molecule is C=C1CCC(Sc2cc(Br)ccc2OC)C1. The lowest BCUT2D eigenvalue weighted by Gasteiger charge is -2.12. The van der Waals surface area contributed by atoms with Gasteiger partial charge in [0.15, 0.2) is 0 Å². The van der Waals surface area contributed by atoms with Crippen LogP contribution < -0.4 is 4.74 Å². The second-order valence-corrected chi connectivity index (χ2v) is 6.29. The zero-order chi connectivity index (χ0) is 11.5. The monoisotopic (exact) mass is 298 g/mol. The van der Waals surface area contributed by atoms with Gasteiger partial charge in [-0.25, -0.2) is 0 Å². The fraction of sp³-hybridized carbons (Fsp3) is 0.385. The first-order valence-corrected chi connectivity index (χ1v) is 7.03. The standard InChI is InChI=1S/C13H15BrOS/c1-9-3-5-11(7-9)16-13-8-10(14)4-6-12(13)15-2/h4,6,8,11H,1,3,5,7H2,2H3. The van der Waals surface area contributed by atoms with Crippen LogP contribution in [0.4, 0.5) is 0 Å². The lowest BCUT2D eigenvalue weighted by molar-refractivity contribution is 0.404. The Bertz CT molecular complexity index is 403. The zero-order valence-electron chi connectivity index (χ0n) is 9.33. The molecule has 1 aliphatic carbocycles. The maximum absolute atomic E-state index is 5.37. The lowest BCUT2D eigenvalue weighted by atomic mass is 10.3. The van der Waals surface area contributed by atoms with Crippen molar-refractivity contribution in [3.8, 4) is 5.75 Å². The van der Waals surface area contributed by atoms with E-state index in [0.29, 0.717) is 5.25 Å². The van der Waals surface area contributed by atoms with Gasteiger partial charge in [0.1, 0.15) is 5.75 Å². The van der Waals surface area contributed by atoms with Gasteiger partial charge in [-0.05, 0) is 37.5 Å². The molecule has 2 rings (SSSR count). The minimum atomic E-state index is 0.663. The van der Waals surface area contributed by atoms with Crippen LogP contribution >= 0.6 is 27.7 Å². The minimum Gasteiger partial charge on any atom is -0.496 e. The molecule has 0 saturated heterocycles.